The second-order valence-corrected chi connectivity index (χ2v) is 3.62. The molecule has 0 radical (unpaired) electrons. The fourth-order valence-electron chi connectivity index (χ4n) is 2.21. The molecule has 3 fully saturated rings. The highest BCUT2D eigenvalue weighted by Crippen LogP contribution is 2.32. The Labute approximate surface area is 75.9 Å². The molecule has 72 valence electrons. The van der Waals surface area contributed by atoms with E-state index in [4.69, 9.17) is 4.74 Å². The number of rotatable bonds is 1. The number of ether oxygens (including phenoxy) is 1. The summed E-state index contributed by atoms with van der Waals surface area (Å²) < 4.78 is 5.37. The molecular weight excluding hydrogens is 150 g/mol. The average Bonchev–Trinajstić information content (AvgIpc) is 2.08. The highest BCUT2D eigenvalue weighted by molar-refractivity contribution is 4.97. The van der Waals surface area contributed by atoms with Gasteiger partial charge < -0.3 is 4.74 Å². The molecule has 12 heavy (non-hydrogen) atoms. The maximum absolute atomic E-state index is 5.37. The number of morpholine rings is 1. The maximum Gasteiger partial charge on any atom is 0.0623 e. The minimum Gasteiger partial charge on any atom is -0.378 e. The summed E-state index contributed by atoms with van der Waals surface area (Å²) in [6.07, 6.45) is 1.37. The van der Waals surface area contributed by atoms with Crippen molar-refractivity contribution in [2.75, 3.05) is 13.2 Å². The van der Waals surface area contributed by atoms with E-state index in [2.05, 4.69) is 18.7 Å². The Morgan fingerprint density at radius 2 is 1.67 bits per heavy atom. The first-order valence-electron chi connectivity index (χ1n) is 5.14. The van der Waals surface area contributed by atoms with Gasteiger partial charge in [0.1, 0.15) is 0 Å². The lowest BCUT2D eigenvalue weighted by atomic mass is 9.90. The summed E-state index contributed by atoms with van der Waals surface area (Å²) in [7, 11) is 0. The SMILES string of the molecule is CC.CC(C)N1C2COCC1C2. The summed E-state index contributed by atoms with van der Waals surface area (Å²) in [6.45, 7) is 10.5. The van der Waals surface area contributed by atoms with Crippen LogP contribution in [-0.4, -0.2) is 36.2 Å². The molecule has 0 saturated carbocycles. The molecule has 2 bridgehead atoms. The second-order valence-electron chi connectivity index (χ2n) is 3.62. The minimum absolute atomic E-state index is 0.715. The number of hydrogen-bond acceptors (Lipinski definition) is 2. The molecule has 0 aliphatic carbocycles. The Morgan fingerprint density at radius 1 is 1.17 bits per heavy atom. The van der Waals surface area contributed by atoms with Gasteiger partial charge in [0.2, 0.25) is 0 Å². The van der Waals surface area contributed by atoms with Crippen LogP contribution in [0, 0.1) is 0 Å². The van der Waals surface area contributed by atoms with Crippen molar-refractivity contribution in [2.24, 2.45) is 0 Å². The van der Waals surface area contributed by atoms with E-state index in [0.717, 1.165) is 25.3 Å². The van der Waals surface area contributed by atoms with Crippen molar-refractivity contribution in [1.29, 1.82) is 0 Å². The van der Waals surface area contributed by atoms with Crippen LogP contribution in [-0.2, 0) is 4.74 Å². The molecular formula is C10H21NO. The summed E-state index contributed by atoms with van der Waals surface area (Å²) in [5.41, 5.74) is 0. The third kappa shape index (κ3) is 1.64. The van der Waals surface area contributed by atoms with Crippen molar-refractivity contribution < 1.29 is 4.74 Å². The van der Waals surface area contributed by atoms with Crippen LogP contribution in [0.2, 0.25) is 0 Å². The molecule has 2 unspecified atom stereocenters. The van der Waals surface area contributed by atoms with Gasteiger partial charge in [-0.15, -0.1) is 0 Å². The van der Waals surface area contributed by atoms with Crippen LogP contribution in [0.5, 0.6) is 0 Å². The molecule has 2 atom stereocenters. The first kappa shape index (κ1) is 10.0. The lowest BCUT2D eigenvalue weighted by molar-refractivity contribution is -0.141. The van der Waals surface area contributed by atoms with E-state index in [1.807, 2.05) is 13.8 Å². The Kier molecular flexibility index (Phi) is 3.53. The van der Waals surface area contributed by atoms with Crippen LogP contribution in [0.4, 0.5) is 0 Å². The van der Waals surface area contributed by atoms with E-state index in [-0.39, 0.29) is 0 Å². The van der Waals surface area contributed by atoms with E-state index in [0.29, 0.717) is 6.04 Å². The lowest BCUT2D eigenvalue weighted by Gasteiger charge is -2.54. The Morgan fingerprint density at radius 3 is 1.92 bits per heavy atom. The van der Waals surface area contributed by atoms with Crippen LogP contribution in [0.3, 0.4) is 0 Å². The van der Waals surface area contributed by atoms with Crippen molar-refractivity contribution in [3.63, 3.8) is 0 Å². The normalized spacial score (nSPS) is 33.8. The molecule has 0 aromatic heterocycles. The van der Waals surface area contributed by atoms with Crippen molar-refractivity contribution in [3.8, 4) is 0 Å². The van der Waals surface area contributed by atoms with Crippen molar-refractivity contribution in [2.45, 2.75) is 52.2 Å². The smallest absolute Gasteiger partial charge is 0.0623 e. The zero-order valence-electron chi connectivity index (χ0n) is 8.71. The lowest BCUT2D eigenvalue weighted by Crippen LogP contribution is -2.65. The quantitative estimate of drug-likeness (QED) is 0.597. The highest BCUT2D eigenvalue weighted by atomic mass is 16.5. The average molecular weight is 171 g/mol. The molecule has 3 saturated heterocycles. The Bertz CT molecular complexity index is 122. The van der Waals surface area contributed by atoms with Crippen molar-refractivity contribution >= 4 is 0 Å². The topological polar surface area (TPSA) is 12.5 Å². The van der Waals surface area contributed by atoms with Crippen molar-refractivity contribution in [3.05, 3.63) is 0 Å². The van der Waals surface area contributed by atoms with Crippen LogP contribution < -0.4 is 0 Å². The fourth-order valence-corrected chi connectivity index (χ4v) is 2.21. The van der Waals surface area contributed by atoms with E-state index in [9.17, 15) is 0 Å². The molecule has 3 aliphatic rings. The van der Waals surface area contributed by atoms with Gasteiger partial charge in [-0.05, 0) is 20.3 Å². The number of hydrogen-bond donors (Lipinski definition) is 0. The van der Waals surface area contributed by atoms with Gasteiger partial charge in [-0.2, -0.15) is 0 Å². The van der Waals surface area contributed by atoms with Gasteiger partial charge in [0.15, 0.2) is 0 Å². The van der Waals surface area contributed by atoms with Gasteiger partial charge >= 0.3 is 0 Å². The number of fused-ring (bicyclic) bond motifs is 2. The molecule has 0 aromatic carbocycles. The maximum atomic E-state index is 5.37. The molecule has 2 nitrogen and oxygen atoms in total. The molecule has 3 heterocycles. The zero-order chi connectivity index (χ0) is 9.14. The van der Waals surface area contributed by atoms with E-state index >= 15 is 0 Å². The predicted octanol–water partition coefficient (Wildman–Crippen LogP) is 1.89. The van der Waals surface area contributed by atoms with Gasteiger partial charge in [0.05, 0.1) is 13.2 Å². The Balaban J connectivity index is 0.000000336. The third-order valence-electron chi connectivity index (χ3n) is 2.60. The van der Waals surface area contributed by atoms with Crippen LogP contribution >= 0.6 is 0 Å². The molecule has 0 amide bonds. The molecule has 3 rings (SSSR count). The molecule has 0 N–H and O–H groups in total. The highest BCUT2D eigenvalue weighted by Gasteiger charge is 2.43. The summed E-state index contributed by atoms with van der Waals surface area (Å²) in [4.78, 5) is 2.57. The second kappa shape index (κ2) is 4.24. The van der Waals surface area contributed by atoms with E-state index < -0.39 is 0 Å². The predicted molar refractivity (Wildman–Crippen MR) is 51.3 cm³/mol. The molecule has 0 spiro atoms. The summed E-state index contributed by atoms with van der Waals surface area (Å²) >= 11 is 0. The summed E-state index contributed by atoms with van der Waals surface area (Å²) in [5, 5.41) is 0. The molecule has 3 aliphatic heterocycles. The monoisotopic (exact) mass is 171 g/mol. The first-order valence-corrected chi connectivity index (χ1v) is 5.14. The largest absolute Gasteiger partial charge is 0.378 e. The summed E-state index contributed by atoms with van der Waals surface area (Å²) in [6, 6.07) is 2.21. The number of nitrogens with zero attached hydrogens (tertiary/aromatic N) is 1. The van der Waals surface area contributed by atoms with Crippen LogP contribution in [0.1, 0.15) is 34.1 Å². The van der Waals surface area contributed by atoms with Crippen LogP contribution in [0.25, 0.3) is 0 Å². The van der Waals surface area contributed by atoms with E-state index in [1.165, 1.54) is 6.42 Å². The van der Waals surface area contributed by atoms with Crippen LogP contribution in [0.15, 0.2) is 0 Å². The Hall–Kier alpha value is -0.0800. The standard InChI is InChI=1S/C8H15NO.C2H6/c1-6(2)9-7-3-8(9)5-10-4-7;1-2/h6-8H,3-5H2,1-2H3;1-2H3. The van der Waals surface area contributed by atoms with E-state index in [1.54, 1.807) is 0 Å². The first-order chi connectivity index (χ1) is 5.79. The van der Waals surface area contributed by atoms with Gasteiger partial charge in [-0.25, -0.2) is 0 Å². The molecule has 2 heteroatoms. The fraction of sp³-hybridized carbons (Fsp3) is 1.00. The van der Waals surface area contributed by atoms with Gasteiger partial charge in [0, 0.05) is 18.1 Å². The zero-order valence-corrected chi connectivity index (χ0v) is 8.71. The van der Waals surface area contributed by atoms with Gasteiger partial charge in [-0.3, -0.25) is 4.90 Å². The molecule has 0 aromatic rings. The van der Waals surface area contributed by atoms with Gasteiger partial charge in [-0.1, -0.05) is 13.8 Å². The van der Waals surface area contributed by atoms with Gasteiger partial charge in [0.25, 0.3) is 0 Å². The van der Waals surface area contributed by atoms with Crippen molar-refractivity contribution in [1.82, 2.24) is 4.90 Å². The minimum atomic E-state index is 0.715. The third-order valence-corrected chi connectivity index (χ3v) is 2.60. The summed E-state index contributed by atoms with van der Waals surface area (Å²) in [5.74, 6) is 0.